The highest BCUT2D eigenvalue weighted by Gasteiger charge is 2.11. The summed E-state index contributed by atoms with van der Waals surface area (Å²) in [7, 11) is 3.13. The lowest BCUT2D eigenvalue weighted by molar-refractivity contribution is 0.252. The number of urea groups is 1. The van der Waals surface area contributed by atoms with Crippen LogP contribution in [0.4, 0.5) is 10.5 Å². The Bertz CT molecular complexity index is 936. The van der Waals surface area contributed by atoms with Crippen molar-refractivity contribution in [1.82, 2.24) is 14.9 Å². The van der Waals surface area contributed by atoms with Gasteiger partial charge in [-0.3, -0.25) is 0 Å². The number of fused-ring (bicyclic) bond motifs is 1. The van der Waals surface area contributed by atoms with Crippen molar-refractivity contribution < 1.29 is 14.3 Å². The maximum Gasteiger partial charge on any atom is 0.319 e. The molecular weight excluding hydrogens is 344 g/mol. The minimum absolute atomic E-state index is 0.293. The zero-order chi connectivity index (χ0) is 19.2. The number of rotatable bonds is 7. The lowest BCUT2D eigenvalue weighted by Crippen LogP contribution is -2.30. The molecule has 0 unspecified atom stereocenters. The van der Waals surface area contributed by atoms with Gasteiger partial charge >= 0.3 is 6.03 Å². The molecule has 0 aliphatic heterocycles. The van der Waals surface area contributed by atoms with E-state index in [0.29, 0.717) is 23.7 Å². The smallest absolute Gasteiger partial charge is 0.319 e. The third kappa shape index (κ3) is 4.13. The Kier molecular flexibility index (Phi) is 5.80. The molecule has 2 amide bonds. The summed E-state index contributed by atoms with van der Waals surface area (Å²) in [4.78, 5) is 16.7. The van der Waals surface area contributed by atoms with Gasteiger partial charge in [0.15, 0.2) is 0 Å². The molecule has 0 bridgehead atoms. The van der Waals surface area contributed by atoms with Gasteiger partial charge in [-0.15, -0.1) is 0 Å². The molecule has 0 atom stereocenters. The van der Waals surface area contributed by atoms with Crippen LogP contribution < -0.4 is 20.1 Å². The average Bonchev–Trinajstić information content (AvgIpc) is 3.06. The number of ether oxygens (including phenoxy) is 2. The molecule has 0 spiro atoms. The second kappa shape index (κ2) is 8.44. The van der Waals surface area contributed by atoms with Gasteiger partial charge in [-0.05, 0) is 43.2 Å². The van der Waals surface area contributed by atoms with Crippen molar-refractivity contribution in [3.63, 3.8) is 0 Å². The Morgan fingerprint density at radius 2 is 2.07 bits per heavy atom. The first-order valence-corrected chi connectivity index (χ1v) is 8.85. The molecule has 2 N–H and O–H groups in total. The number of benzene rings is 1. The number of hydrogen-bond acceptors (Lipinski definition) is 4. The van der Waals surface area contributed by atoms with Crippen molar-refractivity contribution in [2.24, 2.45) is 0 Å². The molecule has 27 heavy (non-hydrogen) atoms. The topological polar surface area (TPSA) is 77.4 Å². The van der Waals surface area contributed by atoms with Crippen molar-refractivity contribution in [2.75, 3.05) is 26.1 Å². The number of nitrogens with zero attached hydrogens (tertiary/aromatic N) is 2. The predicted octanol–water partition coefficient (Wildman–Crippen LogP) is 3.44. The van der Waals surface area contributed by atoms with E-state index < -0.39 is 0 Å². The van der Waals surface area contributed by atoms with Crippen LogP contribution in [-0.4, -0.2) is 36.3 Å². The lowest BCUT2D eigenvalue weighted by atomic mass is 10.1. The Morgan fingerprint density at radius 3 is 2.81 bits per heavy atom. The van der Waals surface area contributed by atoms with Gasteiger partial charge in [0.2, 0.25) is 0 Å². The Balaban J connectivity index is 1.62. The Hall–Kier alpha value is -3.22. The number of carbonyl (C=O) groups excluding carboxylic acids is 1. The third-order valence-electron chi connectivity index (χ3n) is 4.39. The van der Waals surface area contributed by atoms with Gasteiger partial charge in [0.05, 0.1) is 19.9 Å². The summed E-state index contributed by atoms with van der Waals surface area (Å²) < 4.78 is 12.6. The molecule has 0 saturated carbocycles. The van der Waals surface area contributed by atoms with Crippen LogP contribution in [0.15, 0.2) is 42.7 Å². The molecule has 3 aromatic rings. The highest BCUT2D eigenvalue weighted by Crippen LogP contribution is 2.28. The van der Waals surface area contributed by atoms with Crippen molar-refractivity contribution >= 4 is 22.8 Å². The summed E-state index contributed by atoms with van der Waals surface area (Å²) in [6.45, 7) is 3.46. The molecule has 0 aliphatic carbocycles. The number of aryl methyl sites for hydroxylation is 1. The summed E-state index contributed by atoms with van der Waals surface area (Å²) in [6, 6.07) is 8.95. The molecule has 7 nitrogen and oxygen atoms in total. The predicted molar refractivity (Wildman–Crippen MR) is 106 cm³/mol. The number of pyridine rings is 1. The van der Waals surface area contributed by atoms with Crippen molar-refractivity contribution in [1.29, 1.82) is 0 Å². The standard InChI is InChI=1S/C20H24N4O3/c1-4-24-13-14(16-6-5-10-21-19(16)24)9-11-22-20(25)23-17-12-15(26-2)7-8-18(17)27-3/h5-8,10,12-13H,4,9,11H2,1-3H3,(H2,22,23,25). The third-order valence-corrected chi connectivity index (χ3v) is 4.39. The quantitative estimate of drug-likeness (QED) is 0.670. The molecule has 0 saturated heterocycles. The summed E-state index contributed by atoms with van der Waals surface area (Å²) in [5, 5.41) is 6.81. The molecule has 2 heterocycles. The van der Waals surface area contributed by atoms with Crippen LogP contribution in [0.3, 0.4) is 0 Å². The van der Waals surface area contributed by atoms with Crippen LogP contribution in [0.5, 0.6) is 11.5 Å². The first kappa shape index (κ1) is 18.6. The fraction of sp³-hybridized carbons (Fsp3) is 0.300. The minimum Gasteiger partial charge on any atom is -0.497 e. The lowest BCUT2D eigenvalue weighted by Gasteiger charge is -2.12. The fourth-order valence-electron chi connectivity index (χ4n) is 3.02. The number of amides is 2. The van der Waals surface area contributed by atoms with Crippen LogP contribution in [-0.2, 0) is 13.0 Å². The fourth-order valence-corrected chi connectivity index (χ4v) is 3.02. The minimum atomic E-state index is -0.293. The Morgan fingerprint density at radius 1 is 1.22 bits per heavy atom. The molecule has 3 rings (SSSR count). The molecule has 7 heteroatoms. The zero-order valence-electron chi connectivity index (χ0n) is 15.8. The highest BCUT2D eigenvalue weighted by molar-refractivity contribution is 5.91. The first-order chi connectivity index (χ1) is 13.2. The molecule has 0 radical (unpaired) electrons. The molecule has 0 aliphatic rings. The van der Waals surface area contributed by atoms with Crippen LogP contribution in [0.1, 0.15) is 12.5 Å². The van der Waals surface area contributed by atoms with E-state index in [4.69, 9.17) is 9.47 Å². The van der Waals surface area contributed by atoms with Gasteiger partial charge in [0.25, 0.3) is 0 Å². The van der Waals surface area contributed by atoms with Gasteiger partial charge in [-0.1, -0.05) is 0 Å². The average molecular weight is 368 g/mol. The van der Waals surface area contributed by atoms with Crippen LogP contribution in [0, 0.1) is 0 Å². The Labute approximate surface area is 158 Å². The molecule has 2 aromatic heterocycles. The number of carbonyl (C=O) groups is 1. The SMILES string of the molecule is CCn1cc(CCNC(=O)Nc2cc(OC)ccc2OC)c2cccnc21. The monoisotopic (exact) mass is 368 g/mol. The van der Waals surface area contributed by atoms with Crippen molar-refractivity contribution in [3.8, 4) is 11.5 Å². The van der Waals surface area contributed by atoms with E-state index in [1.54, 1.807) is 38.6 Å². The van der Waals surface area contributed by atoms with E-state index in [0.717, 1.165) is 24.0 Å². The van der Waals surface area contributed by atoms with Gasteiger partial charge in [-0.2, -0.15) is 0 Å². The second-order valence-corrected chi connectivity index (χ2v) is 6.01. The van der Waals surface area contributed by atoms with Crippen molar-refractivity contribution in [2.45, 2.75) is 19.9 Å². The van der Waals surface area contributed by atoms with Crippen LogP contribution >= 0.6 is 0 Å². The summed E-state index contributed by atoms with van der Waals surface area (Å²) in [6.07, 6.45) is 4.62. The highest BCUT2D eigenvalue weighted by atomic mass is 16.5. The second-order valence-electron chi connectivity index (χ2n) is 6.01. The van der Waals surface area contributed by atoms with E-state index in [-0.39, 0.29) is 6.03 Å². The summed E-state index contributed by atoms with van der Waals surface area (Å²) >= 11 is 0. The van der Waals surface area contributed by atoms with Crippen LogP contribution in [0.2, 0.25) is 0 Å². The maximum atomic E-state index is 12.3. The molecule has 0 fully saturated rings. The van der Waals surface area contributed by atoms with Gasteiger partial charge in [0, 0.05) is 36.9 Å². The molecule has 142 valence electrons. The molecular formula is C20H24N4O3. The van der Waals surface area contributed by atoms with Crippen LogP contribution in [0.25, 0.3) is 11.0 Å². The van der Waals surface area contributed by atoms with Gasteiger partial charge in [0.1, 0.15) is 17.1 Å². The van der Waals surface area contributed by atoms with Gasteiger partial charge in [-0.25, -0.2) is 9.78 Å². The maximum absolute atomic E-state index is 12.3. The van der Waals surface area contributed by atoms with Gasteiger partial charge < -0.3 is 24.7 Å². The van der Waals surface area contributed by atoms with E-state index in [2.05, 4.69) is 39.4 Å². The number of anilines is 1. The number of hydrogen-bond donors (Lipinski definition) is 2. The summed E-state index contributed by atoms with van der Waals surface area (Å²) in [5.74, 6) is 1.22. The van der Waals surface area contributed by atoms with E-state index in [1.807, 2.05) is 6.07 Å². The van der Waals surface area contributed by atoms with E-state index >= 15 is 0 Å². The number of aromatic nitrogens is 2. The van der Waals surface area contributed by atoms with E-state index in [1.165, 1.54) is 5.56 Å². The number of methoxy groups -OCH3 is 2. The van der Waals surface area contributed by atoms with E-state index in [9.17, 15) is 4.79 Å². The summed E-state index contributed by atoms with van der Waals surface area (Å²) in [5.41, 5.74) is 2.70. The molecule has 1 aromatic carbocycles. The number of nitrogens with one attached hydrogen (secondary N) is 2. The largest absolute Gasteiger partial charge is 0.497 e. The normalized spacial score (nSPS) is 10.6. The first-order valence-electron chi connectivity index (χ1n) is 8.85. The van der Waals surface area contributed by atoms with Crippen molar-refractivity contribution in [3.05, 3.63) is 48.3 Å². The zero-order valence-corrected chi connectivity index (χ0v) is 15.8.